The summed E-state index contributed by atoms with van der Waals surface area (Å²) in [7, 11) is 0. The molecule has 2 aliphatic rings. The van der Waals surface area contributed by atoms with Crippen LogP contribution in [0.4, 0.5) is 0 Å². The summed E-state index contributed by atoms with van der Waals surface area (Å²) >= 11 is 0. The van der Waals surface area contributed by atoms with Gasteiger partial charge in [0.1, 0.15) is 0 Å². The molecule has 1 aliphatic carbocycles. The minimum atomic E-state index is 0. The molecule has 5 nitrogen and oxygen atoms in total. The number of hydrogen-bond acceptors (Lipinski definition) is 3. The Kier molecular flexibility index (Phi) is 10.4. The second kappa shape index (κ2) is 11.5. The van der Waals surface area contributed by atoms with E-state index in [0.717, 1.165) is 64.2 Å². The van der Waals surface area contributed by atoms with Gasteiger partial charge in [0.15, 0.2) is 5.96 Å². The second-order valence-corrected chi connectivity index (χ2v) is 6.59. The maximum atomic E-state index is 5.94. The van der Waals surface area contributed by atoms with E-state index in [2.05, 4.69) is 22.1 Å². The van der Waals surface area contributed by atoms with Crippen LogP contribution in [-0.2, 0) is 4.74 Å². The molecule has 0 radical (unpaired) electrons. The lowest BCUT2D eigenvalue weighted by Gasteiger charge is -2.26. The number of nitrogens with two attached hydrogens (primary N) is 1. The Labute approximate surface area is 152 Å². The average molecular weight is 424 g/mol. The predicted molar refractivity (Wildman–Crippen MR) is 103 cm³/mol. The highest BCUT2D eigenvalue weighted by molar-refractivity contribution is 14.0. The van der Waals surface area contributed by atoms with Gasteiger partial charge in [-0.25, -0.2) is 0 Å². The van der Waals surface area contributed by atoms with Crippen molar-refractivity contribution >= 4 is 29.9 Å². The van der Waals surface area contributed by atoms with Crippen molar-refractivity contribution in [1.82, 2.24) is 10.2 Å². The topological polar surface area (TPSA) is 62.9 Å². The van der Waals surface area contributed by atoms with E-state index in [0.29, 0.717) is 5.96 Å². The van der Waals surface area contributed by atoms with E-state index in [9.17, 15) is 0 Å². The van der Waals surface area contributed by atoms with Gasteiger partial charge in [-0.3, -0.25) is 9.89 Å². The van der Waals surface area contributed by atoms with Gasteiger partial charge < -0.3 is 15.8 Å². The summed E-state index contributed by atoms with van der Waals surface area (Å²) in [5, 5.41) is 3.24. The quantitative estimate of drug-likeness (QED) is 0.297. The van der Waals surface area contributed by atoms with Crippen LogP contribution in [0.2, 0.25) is 0 Å². The molecule has 1 saturated heterocycles. The van der Waals surface area contributed by atoms with Crippen LogP contribution < -0.4 is 11.1 Å². The molecule has 1 saturated carbocycles. The van der Waals surface area contributed by atoms with Crippen LogP contribution in [0.3, 0.4) is 0 Å². The van der Waals surface area contributed by atoms with E-state index in [4.69, 9.17) is 10.5 Å². The van der Waals surface area contributed by atoms with Gasteiger partial charge in [-0.2, -0.15) is 0 Å². The second-order valence-electron chi connectivity index (χ2n) is 6.59. The van der Waals surface area contributed by atoms with Crippen LogP contribution in [0.1, 0.15) is 39.0 Å². The summed E-state index contributed by atoms with van der Waals surface area (Å²) in [5.74, 6) is 2.27. The van der Waals surface area contributed by atoms with Crippen molar-refractivity contribution in [2.45, 2.75) is 39.0 Å². The Morgan fingerprint density at radius 1 is 1.23 bits per heavy atom. The summed E-state index contributed by atoms with van der Waals surface area (Å²) < 4.78 is 5.34. The van der Waals surface area contributed by atoms with Crippen molar-refractivity contribution in [2.24, 2.45) is 22.6 Å². The van der Waals surface area contributed by atoms with Gasteiger partial charge >= 0.3 is 0 Å². The lowest BCUT2D eigenvalue weighted by Crippen LogP contribution is -2.39. The van der Waals surface area contributed by atoms with Gasteiger partial charge in [-0.1, -0.05) is 19.8 Å². The van der Waals surface area contributed by atoms with E-state index in [1.54, 1.807) is 0 Å². The Morgan fingerprint density at radius 2 is 1.91 bits per heavy atom. The number of rotatable bonds is 6. The Morgan fingerprint density at radius 3 is 2.59 bits per heavy atom. The average Bonchev–Trinajstić information content (AvgIpc) is 2.52. The number of ether oxygens (including phenoxy) is 1. The summed E-state index contributed by atoms with van der Waals surface area (Å²) in [5.41, 5.74) is 5.94. The van der Waals surface area contributed by atoms with Gasteiger partial charge in [-0.15, -0.1) is 24.0 Å². The third-order valence-corrected chi connectivity index (χ3v) is 4.72. The summed E-state index contributed by atoms with van der Waals surface area (Å²) in [6, 6.07) is 0. The number of hydrogen-bond donors (Lipinski definition) is 2. The molecule has 0 atom stereocenters. The highest BCUT2D eigenvalue weighted by Crippen LogP contribution is 2.28. The zero-order chi connectivity index (χ0) is 14.9. The molecule has 22 heavy (non-hydrogen) atoms. The van der Waals surface area contributed by atoms with E-state index >= 15 is 0 Å². The lowest BCUT2D eigenvalue weighted by molar-refractivity contribution is 0.0376. The minimum absolute atomic E-state index is 0. The SMILES string of the molecule is CC1CCC(CN=C(N)NCCCN2CCOCC2)CC1.I. The molecular formula is C16H33IN4O. The van der Waals surface area contributed by atoms with Crippen molar-refractivity contribution in [3.8, 4) is 0 Å². The van der Waals surface area contributed by atoms with Crippen LogP contribution in [0.15, 0.2) is 4.99 Å². The van der Waals surface area contributed by atoms with Crippen LogP contribution in [0.25, 0.3) is 0 Å². The van der Waals surface area contributed by atoms with Crippen molar-refractivity contribution < 1.29 is 4.74 Å². The molecule has 1 aliphatic heterocycles. The first-order chi connectivity index (χ1) is 10.2. The van der Waals surface area contributed by atoms with Crippen molar-refractivity contribution in [3.63, 3.8) is 0 Å². The van der Waals surface area contributed by atoms with Crippen molar-refractivity contribution in [3.05, 3.63) is 0 Å². The van der Waals surface area contributed by atoms with Crippen LogP contribution in [0, 0.1) is 11.8 Å². The summed E-state index contributed by atoms with van der Waals surface area (Å²) in [4.78, 5) is 6.95. The molecule has 0 unspecified atom stereocenters. The molecule has 3 N–H and O–H groups in total. The number of halogens is 1. The minimum Gasteiger partial charge on any atom is -0.379 e. The fraction of sp³-hybridized carbons (Fsp3) is 0.938. The van der Waals surface area contributed by atoms with Gasteiger partial charge in [0.05, 0.1) is 13.2 Å². The van der Waals surface area contributed by atoms with Crippen molar-refractivity contribution in [1.29, 1.82) is 0 Å². The monoisotopic (exact) mass is 424 g/mol. The zero-order valence-electron chi connectivity index (χ0n) is 13.9. The molecule has 0 amide bonds. The van der Waals surface area contributed by atoms with Crippen molar-refractivity contribution in [2.75, 3.05) is 45.9 Å². The first-order valence-electron chi connectivity index (χ1n) is 8.58. The number of nitrogens with one attached hydrogen (secondary N) is 1. The van der Waals surface area contributed by atoms with Gasteiger partial charge in [0.2, 0.25) is 0 Å². The molecule has 0 bridgehead atoms. The zero-order valence-corrected chi connectivity index (χ0v) is 16.3. The largest absolute Gasteiger partial charge is 0.379 e. The molecule has 0 spiro atoms. The van der Waals surface area contributed by atoms with Crippen LogP contribution in [0.5, 0.6) is 0 Å². The van der Waals surface area contributed by atoms with Gasteiger partial charge in [0.25, 0.3) is 0 Å². The first kappa shape index (κ1) is 20.0. The highest BCUT2D eigenvalue weighted by Gasteiger charge is 2.17. The fourth-order valence-electron chi connectivity index (χ4n) is 3.14. The fourth-order valence-corrected chi connectivity index (χ4v) is 3.14. The third kappa shape index (κ3) is 7.97. The van der Waals surface area contributed by atoms with Crippen LogP contribution >= 0.6 is 24.0 Å². The van der Waals surface area contributed by atoms with E-state index < -0.39 is 0 Å². The Balaban J connectivity index is 0.00000242. The maximum absolute atomic E-state index is 5.94. The van der Waals surface area contributed by atoms with Gasteiger partial charge in [-0.05, 0) is 37.6 Å². The molecule has 0 aromatic rings. The molecule has 2 rings (SSSR count). The lowest BCUT2D eigenvalue weighted by atomic mass is 9.83. The number of nitrogens with zero attached hydrogens (tertiary/aromatic N) is 2. The standard InChI is InChI=1S/C16H32N4O.HI/c1-14-3-5-15(6-4-14)13-19-16(17)18-7-2-8-20-9-11-21-12-10-20;/h14-15H,2-13H2,1H3,(H3,17,18,19);1H. The molecule has 2 fully saturated rings. The number of guanidine groups is 1. The molecule has 130 valence electrons. The maximum Gasteiger partial charge on any atom is 0.188 e. The molecule has 0 aromatic carbocycles. The smallest absolute Gasteiger partial charge is 0.188 e. The number of aliphatic imine (C=N–C) groups is 1. The van der Waals surface area contributed by atoms with Gasteiger partial charge in [0, 0.05) is 26.2 Å². The summed E-state index contributed by atoms with van der Waals surface area (Å²) in [6.07, 6.45) is 6.45. The summed E-state index contributed by atoms with van der Waals surface area (Å²) in [6.45, 7) is 9.14. The molecule has 6 heteroatoms. The highest BCUT2D eigenvalue weighted by atomic mass is 127. The molecular weight excluding hydrogens is 391 g/mol. The third-order valence-electron chi connectivity index (χ3n) is 4.72. The van der Waals surface area contributed by atoms with E-state index in [-0.39, 0.29) is 24.0 Å². The Bertz CT molecular complexity index is 313. The predicted octanol–water partition coefficient (Wildman–Crippen LogP) is 2.06. The first-order valence-corrected chi connectivity index (χ1v) is 8.58. The molecule has 1 heterocycles. The number of morpholine rings is 1. The van der Waals surface area contributed by atoms with E-state index in [1.165, 1.54) is 25.7 Å². The van der Waals surface area contributed by atoms with E-state index in [1.807, 2.05) is 0 Å². The van der Waals surface area contributed by atoms with Crippen LogP contribution in [-0.4, -0.2) is 56.8 Å². The normalized spacial score (nSPS) is 27.2. The molecule has 0 aromatic heterocycles. The Hall–Kier alpha value is -0.0800.